The van der Waals surface area contributed by atoms with E-state index in [9.17, 15) is 14.4 Å². The Kier molecular flexibility index (Phi) is 6.82. The summed E-state index contributed by atoms with van der Waals surface area (Å²) in [5.74, 6) is -0.930. The van der Waals surface area contributed by atoms with E-state index in [1.165, 1.54) is 14.2 Å². The summed E-state index contributed by atoms with van der Waals surface area (Å²) < 4.78 is 14.8. The molecular weight excluding hydrogens is 350 g/mol. The lowest BCUT2D eigenvalue weighted by molar-refractivity contribution is -0.164. The maximum absolute atomic E-state index is 12.1. The van der Waals surface area contributed by atoms with Crippen LogP contribution in [0.15, 0.2) is 30.3 Å². The summed E-state index contributed by atoms with van der Waals surface area (Å²) >= 11 is 0. The van der Waals surface area contributed by atoms with Crippen molar-refractivity contribution in [2.45, 2.75) is 39.3 Å². The molecule has 1 fully saturated rings. The zero-order valence-electron chi connectivity index (χ0n) is 16.2. The molecule has 0 spiro atoms. The minimum absolute atomic E-state index is 0.0696. The predicted octanol–water partition coefficient (Wildman–Crippen LogP) is 2.68. The lowest BCUT2D eigenvalue weighted by atomic mass is 9.53. The summed E-state index contributed by atoms with van der Waals surface area (Å²) in [5, 5.41) is 2.58. The maximum atomic E-state index is 12.1. The van der Waals surface area contributed by atoms with Crippen LogP contribution in [0.5, 0.6) is 0 Å². The molecule has 0 bridgehead atoms. The fourth-order valence-electron chi connectivity index (χ4n) is 3.51. The van der Waals surface area contributed by atoms with Gasteiger partial charge in [-0.3, -0.25) is 4.79 Å². The SMILES string of the molecule is COC(=O)[C@@H](C[C@H]1C[C@@H](C(=O)OC)C1(C)C)NC(=O)OCc1ccccc1. The molecule has 0 unspecified atom stereocenters. The first-order valence-electron chi connectivity index (χ1n) is 8.92. The first-order chi connectivity index (χ1) is 12.8. The number of amides is 1. The molecule has 1 amide bonds. The highest BCUT2D eigenvalue weighted by atomic mass is 16.6. The smallest absolute Gasteiger partial charge is 0.408 e. The summed E-state index contributed by atoms with van der Waals surface area (Å²) in [6, 6.07) is 8.43. The topological polar surface area (TPSA) is 90.9 Å². The van der Waals surface area contributed by atoms with E-state index < -0.39 is 18.1 Å². The van der Waals surface area contributed by atoms with Crippen molar-refractivity contribution in [3.05, 3.63) is 35.9 Å². The Labute approximate surface area is 159 Å². The van der Waals surface area contributed by atoms with Crippen molar-refractivity contribution >= 4 is 18.0 Å². The van der Waals surface area contributed by atoms with E-state index in [1.807, 2.05) is 44.2 Å². The molecule has 7 heteroatoms. The molecule has 3 atom stereocenters. The van der Waals surface area contributed by atoms with E-state index in [1.54, 1.807) is 0 Å². The van der Waals surface area contributed by atoms with Gasteiger partial charge in [-0.25, -0.2) is 9.59 Å². The second-order valence-electron chi connectivity index (χ2n) is 7.35. The Morgan fingerprint density at radius 1 is 1.15 bits per heavy atom. The van der Waals surface area contributed by atoms with E-state index in [2.05, 4.69) is 5.32 Å². The van der Waals surface area contributed by atoms with Crippen LogP contribution in [-0.4, -0.2) is 38.3 Å². The van der Waals surface area contributed by atoms with Crippen LogP contribution in [0.4, 0.5) is 4.79 Å². The van der Waals surface area contributed by atoms with Gasteiger partial charge >= 0.3 is 18.0 Å². The van der Waals surface area contributed by atoms with E-state index >= 15 is 0 Å². The molecule has 0 saturated heterocycles. The van der Waals surface area contributed by atoms with Gasteiger partial charge in [-0.15, -0.1) is 0 Å². The third-order valence-corrected chi connectivity index (χ3v) is 5.47. The molecule has 1 aliphatic rings. The average molecular weight is 377 g/mol. The van der Waals surface area contributed by atoms with Crippen molar-refractivity contribution in [1.29, 1.82) is 0 Å². The number of carbonyl (C=O) groups is 3. The standard InChI is InChI=1S/C20H27NO6/c1-20(2)14(10-15(20)17(22)25-3)11-16(18(23)26-4)21-19(24)27-12-13-8-6-5-7-9-13/h5-9,14-16H,10-12H2,1-4H3,(H,21,24)/t14-,15+,16-/m1/s1. The van der Waals surface area contributed by atoms with Crippen LogP contribution < -0.4 is 5.32 Å². The third kappa shape index (κ3) is 4.99. The average Bonchev–Trinajstić information content (AvgIpc) is 2.67. The molecule has 27 heavy (non-hydrogen) atoms. The van der Waals surface area contributed by atoms with E-state index in [-0.39, 0.29) is 29.8 Å². The number of methoxy groups -OCH3 is 2. The lowest BCUT2D eigenvalue weighted by Crippen LogP contribution is -2.53. The van der Waals surface area contributed by atoms with Crippen LogP contribution in [0.3, 0.4) is 0 Å². The molecule has 1 aliphatic carbocycles. The van der Waals surface area contributed by atoms with Gasteiger partial charge in [-0.2, -0.15) is 0 Å². The van der Waals surface area contributed by atoms with Gasteiger partial charge in [0.05, 0.1) is 20.1 Å². The van der Waals surface area contributed by atoms with Crippen molar-refractivity contribution in [1.82, 2.24) is 5.32 Å². The van der Waals surface area contributed by atoms with Crippen LogP contribution in [0.25, 0.3) is 0 Å². The highest BCUT2D eigenvalue weighted by Gasteiger charge is 2.53. The Morgan fingerprint density at radius 2 is 1.81 bits per heavy atom. The number of carbonyl (C=O) groups excluding carboxylic acids is 3. The summed E-state index contributed by atoms with van der Waals surface area (Å²) in [5.41, 5.74) is 0.526. The first kappa shape index (κ1) is 20.7. The molecular formula is C20H27NO6. The number of rotatable bonds is 7. The summed E-state index contributed by atoms with van der Waals surface area (Å²) in [6.07, 6.45) is 0.289. The fraction of sp³-hybridized carbons (Fsp3) is 0.550. The van der Waals surface area contributed by atoms with Crippen LogP contribution in [0, 0.1) is 17.3 Å². The number of alkyl carbamates (subject to hydrolysis) is 1. The zero-order valence-corrected chi connectivity index (χ0v) is 16.2. The fourth-order valence-corrected chi connectivity index (χ4v) is 3.51. The normalized spacial score (nSPS) is 21.3. The maximum Gasteiger partial charge on any atom is 0.408 e. The van der Waals surface area contributed by atoms with Gasteiger partial charge in [-0.05, 0) is 29.7 Å². The summed E-state index contributed by atoms with van der Waals surface area (Å²) in [6.45, 7) is 4.04. The van der Waals surface area contributed by atoms with Crippen LogP contribution in [-0.2, 0) is 30.4 Å². The van der Waals surface area contributed by atoms with Gasteiger partial charge in [0.25, 0.3) is 0 Å². The Bertz CT molecular complexity index is 672. The Balaban J connectivity index is 1.93. The molecule has 2 rings (SSSR count). The molecule has 1 aromatic rings. The molecule has 7 nitrogen and oxygen atoms in total. The molecule has 0 aromatic heterocycles. The number of esters is 2. The molecule has 1 aromatic carbocycles. The lowest BCUT2D eigenvalue weighted by Gasteiger charge is -2.51. The summed E-state index contributed by atoms with van der Waals surface area (Å²) in [7, 11) is 2.64. The molecule has 0 aliphatic heterocycles. The molecule has 148 valence electrons. The predicted molar refractivity (Wildman–Crippen MR) is 97.6 cm³/mol. The van der Waals surface area contributed by atoms with Gasteiger partial charge in [0.1, 0.15) is 12.6 Å². The largest absolute Gasteiger partial charge is 0.469 e. The minimum Gasteiger partial charge on any atom is -0.469 e. The van der Waals surface area contributed by atoms with Gasteiger partial charge in [-0.1, -0.05) is 44.2 Å². The monoisotopic (exact) mass is 377 g/mol. The molecule has 1 N–H and O–H groups in total. The van der Waals surface area contributed by atoms with Gasteiger partial charge in [0.15, 0.2) is 0 Å². The number of nitrogens with one attached hydrogen (secondary N) is 1. The van der Waals surface area contributed by atoms with Crippen LogP contribution in [0.1, 0.15) is 32.3 Å². The summed E-state index contributed by atoms with van der Waals surface area (Å²) in [4.78, 5) is 36.0. The second kappa shape index (κ2) is 8.88. The Morgan fingerprint density at radius 3 is 2.37 bits per heavy atom. The number of benzene rings is 1. The van der Waals surface area contributed by atoms with Crippen molar-refractivity contribution in [2.75, 3.05) is 14.2 Å². The van der Waals surface area contributed by atoms with Gasteiger partial charge < -0.3 is 19.5 Å². The number of hydrogen-bond acceptors (Lipinski definition) is 6. The van der Waals surface area contributed by atoms with Crippen LogP contribution >= 0.6 is 0 Å². The molecule has 0 heterocycles. The zero-order chi connectivity index (χ0) is 20.0. The van der Waals surface area contributed by atoms with Crippen molar-refractivity contribution in [3.63, 3.8) is 0 Å². The van der Waals surface area contributed by atoms with Gasteiger partial charge in [0.2, 0.25) is 0 Å². The quantitative estimate of drug-likeness (QED) is 0.580. The van der Waals surface area contributed by atoms with Crippen LogP contribution in [0.2, 0.25) is 0 Å². The van der Waals surface area contributed by atoms with Crippen molar-refractivity contribution in [2.24, 2.45) is 17.3 Å². The molecule has 0 radical (unpaired) electrons. The van der Waals surface area contributed by atoms with Crippen molar-refractivity contribution < 1.29 is 28.6 Å². The third-order valence-electron chi connectivity index (χ3n) is 5.47. The van der Waals surface area contributed by atoms with E-state index in [0.717, 1.165) is 5.56 Å². The second-order valence-corrected chi connectivity index (χ2v) is 7.35. The first-order valence-corrected chi connectivity index (χ1v) is 8.92. The van der Waals surface area contributed by atoms with E-state index in [0.29, 0.717) is 12.8 Å². The highest BCUT2D eigenvalue weighted by Crippen LogP contribution is 2.53. The van der Waals surface area contributed by atoms with Gasteiger partial charge in [0, 0.05) is 0 Å². The van der Waals surface area contributed by atoms with Crippen molar-refractivity contribution in [3.8, 4) is 0 Å². The highest BCUT2D eigenvalue weighted by molar-refractivity contribution is 5.81. The van der Waals surface area contributed by atoms with E-state index in [4.69, 9.17) is 14.2 Å². The number of ether oxygens (including phenoxy) is 3. The Hall–Kier alpha value is -2.57. The minimum atomic E-state index is -0.832. The number of hydrogen-bond donors (Lipinski definition) is 1. The molecule has 1 saturated carbocycles.